The van der Waals surface area contributed by atoms with E-state index < -0.39 is 0 Å². The summed E-state index contributed by atoms with van der Waals surface area (Å²) in [5.74, 6) is 1.35. The summed E-state index contributed by atoms with van der Waals surface area (Å²) in [7, 11) is 0. The van der Waals surface area contributed by atoms with Gasteiger partial charge in [-0.05, 0) is 45.2 Å². The number of aryl methyl sites for hydroxylation is 1. The lowest BCUT2D eigenvalue weighted by atomic mass is 9.97. The second kappa shape index (κ2) is 5.24. The highest BCUT2D eigenvalue weighted by Gasteiger charge is 2.15. The minimum atomic E-state index is 0.165. The number of aromatic hydroxyl groups is 1. The van der Waals surface area contributed by atoms with Gasteiger partial charge in [-0.1, -0.05) is 13.8 Å². The van der Waals surface area contributed by atoms with Crippen molar-refractivity contribution >= 4 is 0 Å². The number of ether oxygens (including phenoxy) is 1. The van der Waals surface area contributed by atoms with E-state index >= 15 is 0 Å². The fourth-order valence-corrected chi connectivity index (χ4v) is 2.06. The topological polar surface area (TPSA) is 29.5 Å². The van der Waals surface area contributed by atoms with Crippen molar-refractivity contribution < 1.29 is 9.84 Å². The van der Waals surface area contributed by atoms with Crippen LogP contribution in [0.15, 0.2) is 6.07 Å². The van der Waals surface area contributed by atoms with E-state index in [0.717, 1.165) is 35.3 Å². The van der Waals surface area contributed by atoms with Gasteiger partial charge < -0.3 is 9.84 Å². The van der Waals surface area contributed by atoms with Crippen LogP contribution in [0.3, 0.4) is 0 Å². The van der Waals surface area contributed by atoms with Crippen LogP contribution in [-0.2, 0) is 12.8 Å². The lowest BCUT2D eigenvalue weighted by Gasteiger charge is -2.19. The van der Waals surface area contributed by atoms with Crippen LogP contribution >= 0.6 is 0 Å². The number of hydrogen-bond donors (Lipinski definition) is 1. The van der Waals surface area contributed by atoms with Crippen molar-refractivity contribution in [3.05, 3.63) is 22.8 Å². The third-order valence-electron chi connectivity index (χ3n) is 2.72. The van der Waals surface area contributed by atoms with E-state index in [1.165, 1.54) is 0 Å². The van der Waals surface area contributed by atoms with Gasteiger partial charge in [-0.25, -0.2) is 0 Å². The normalized spacial score (nSPS) is 10.9. The van der Waals surface area contributed by atoms with Crippen LogP contribution in [0.4, 0.5) is 0 Å². The zero-order valence-electron chi connectivity index (χ0n) is 10.9. The smallest absolute Gasteiger partial charge is 0.126 e. The first-order chi connectivity index (χ1) is 7.51. The minimum absolute atomic E-state index is 0.165. The fraction of sp³-hybridized carbons (Fsp3) is 0.571. The first-order valence-corrected chi connectivity index (χ1v) is 6.02. The predicted octanol–water partition coefficient (Wildman–Crippen LogP) is 3.61. The largest absolute Gasteiger partial charge is 0.508 e. The molecule has 2 heteroatoms. The summed E-state index contributed by atoms with van der Waals surface area (Å²) < 4.78 is 5.85. The molecule has 90 valence electrons. The van der Waals surface area contributed by atoms with E-state index in [-0.39, 0.29) is 6.10 Å². The monoisotopic (exact) mass is 222 g/mol. The maximum Gasteiger partial charge on any atom is 0.126 e. The zero-order valence-corrected chi connectivity index (χ0v) is 10.9. The Hall–Kier alpha value is -1.18. The van der Waals surface area contributed by atoms with Gasteiger partial charge in [0.25, 0.3) is 0 Å². The van der Waals surface area contributed by atoms with Gasteiger partial charge in [0, 0.05) is 11.1 Å². The van der Waals surface area contributed by atoms with E-state index in [4.69, 9.17) is 4.74 Å². The van der Waals surface area contributed by atoms with E-state index in [1.807, 2.05) is 20.8 Å². The Kier molecular flexibility index (Phi) is 4.22. The molecule has 0 amide bonds. The molecule has 0 heterocycles. The molecule has 0 saturated heterocycles. The number of phenols is 1. The second-order valence-electron chi connectivity index (χ2n) is 4.37. The van der Waals surface area contributed by atoms with Crippen molar-refractivity contribution in [1.82, 2.24) is 0 Å². The van der Waals surface area contributed by atoms with Crippen LogP contribution in [0.25, 0.3) is 0 Å². The highest BCUT2D eigenvalue weighted by Crippen LogP contribution is 2.34. The molecule has 0 fully saturated rings. The predicted molar refractivity (Wildman–Crippen MR) is 67.4 cm³/mol. The van der Waals surface area contributed by atoms with Crippen molar-refractivity contribution in [1.29, 1.82) is 0 Å². The molecule has 0 atom stereocenters. The first-order valence-electron chi connectivity index (χ1n) is 6.02. The van der Waals surface area contributed by atoms with Crippen LogP contribution in [0.2, 0.25) is 0 Å². The average molecular weight is 222 g/mol. The van der Waals surface area contributed by atoms with Crippen molar-refractivity contribution in [3.63, 3.8) is 0 Å². The third-order valence-corrected chi connectivity index (χ3v) is 2.72. The summed E-state index contributed by atoms with van der Waals surface area (Å²) in [6.07, 6.45) is 1.89. The van der Waals surface area contributed by atoms with Crippen molar-refractivity contribution in [2.24, 2.45) is 0 Å². The molecule has 0 aliphatic carbocycles. The van der Waals surface area contributed by atoms with E-state index in [2.05, 4.69) is 13.8 Å². The SMILES string of the molecule is CCc1c(O)cc(C)c(OC(C)C)c1CC. The summed E-state index contributed by atoms with van der Waals surface area (Å²) in [6.45, 7) is 10.2. The van der Waals surface area contributed by atoms with Gasteiger partial charge in [0.1, 0.15) is 11.5 Å². The molecule has 16 heavy (non-hydrogen) atoms. The molecule has 0 aliphatic heterocycles. The van der Waals surface area contributed by atoms with Crippen molar-refractivity contribution in [3.8, 4) is 11.5 Å². The zero-order chi connectivity index (χ0) is 12.3. The molecule has 1 N–H and O–H groups in total. The Morgan fingerprint density at radius 2 is 1.75 bits per heavy atom. The molecule has 0 aliphatic rings. The summed E-state index contributed by atoms with van der Waals surface area (Å²) >= 11 is 0. The van der Waals surface area contributed by atoms with Gasteiger partial charge in [0.2, 0.25) is 0 Å². The van der Waals surface area contributed by atoms with Gasteiger partial charge in [0.05, 0.1) is 6.10 Å². The highest BCUT2D eigenvalue weighted by molar-refractivity contribution is 5.53. The molecule has 0 saturated carbocycles. The molecule has 0 radical (unpaired) electrons. The molecular formula is C14H22O2. The molecule has 0 unspecified atom stereocenters. The Bertz CT molecular complexity index is 367. The van der Waals surface area contributed by atoms with E-state index in [9.17, 15) is 5.11 Å². The van der Waals surface area contributed by atoms with Crippen molar-refractivity contribution in [2.45, 2.75) is 53.6 Å². The Morgan fingerprint density at radius 1 is 1.19 bits per heavy atom. The maximum atomic E-state index is 9.91. The maximum absolute atomic E-state index is 9.91. The standard InChI is InChI=1S/C14H22O2/c1-6-11-12(7-2)14(16-9(3)4)10(5)8-13(11)15/h8-9,15H,6-7H2,1-5H3. The summed E-state index contributed by atoms with van der Waals surface area (Å²) in [5, 5.41) is 9.91. The molecule has 0 spiro atoms. The quantitative estimate of drug-likeness (QED) is 0.843. The van der Waals surface area contributed by atoms with Crippen LogP contribution in [0, 0.1) is 6.92 Å². The number of hydrogen-bond acceptors (Lipinski definition) is 2. The number of rotatable bonds is 4. The van der Waals surface area contributed by atoms with Crippen LogP contribution < -0.4 is 4.74 Å². The highest BCUT2D eigenvalue weighted by atomic mass is 16.5. The summed E-state index contributed by atoms with van der Waals surface area (Å²) in [5.41, 5.74) is 3.18. The number of benzene rings is 1. The summed E-state index contributed by atoms with van der Waals surface area (Å²) in [6, 6.07) is 1.80. The molecule has 2 nitrogen and oxygen atoms in total. The number of phenolic OH excluding ortho intramolecular Hbond substituents is 1. The van der Waals surface area contributed by atoms with Gasteiger partial charge in [-0.3, -0.25) is 0 Å². The molecule has 1 aromatic rings. The molecular weight excluding hydrogens is 200 g/mol. The van der Waals surface area contributed by atoms with Crippen LogP contribution in [0.5, 0.6) is 11.5 Å². The van der Waals surface area contributed by atoms with Crippen molar-refractivity contribution in [2.75, 3.05) is 0 Å². The first kappa shape index (κ1) is 12.9. The minimum Gasteiger partial charge on any atom is -0.508 e. The third kappa shape index (κ3) is 2.49. The fourth-order valence-electron chi connectivity index (χ4n) is 2.06. The molecule has 0 aromatic heterocycles. The Morgan fingerprint density at radius 3 is 2.19 bits per heavy atom. The van der Waals surface area contributed by atoms with Gasteiger partial charge in [-0.15, -0.1) is 0 Å². The van der Waals surface area contributed by atoms with Gasteiger partial charge >= 0.3 is 0 Å². The molecule has 0 bridgehead atoms. The average Bonchev–Trinajstić information content (AvgIpc) is 2.20. The Labute approximate surface area is 98.3 Å². The lowest BCUT2D eigenvalue weighted by molar-refractivity contribution is 0.237. The van der Waals surface area contributed by atoms with Gasteiger partial charge in [0.15, 0.2) is 0 Å². The van der Waals surface area contributed by atoms with Gasteiger partial charge in [-0.2, -0.15) is 0 Å². The van der Waals surface area contributed by atoms with Crippen LogP contribution in [0.1, 0.15) is 44.4 Å². The molecule has 1 aromatic carbocycles. The van der Waals surface area contributed by atoms with Crippen LogP contribution in [-0.4, -0.2) is 11.2 Å². The Balaban J connectivity index is 3.34. The van der Waals surface area contributed by atoms with E-state index in [0.29, 0.717) is 5.75 Å². The van der Waals surface area contributed by atoms with E-state index in [1.54, 1.807) is 6.07 Å². The molecule has 1 rings (SSSR count). The second-order valence-corrected chi connectivity index (χ2v) is 4.37. The lowest BCUT2D eigenvalue weighted by Crippen LogP contribution is -2.10. The summed E-state index contributed by atoms with van der Waals surface area (Å²) in [4.78, 5) is 0.